The minimum absolute atomic E-state index is 0.0148. The summed E-state index contributed by atoms with van der Waals surface area (Å²) in [5.74, 6) is -1.69. The maximum atomic E-state index is 14.0. The third kappa shape index (κ3) is 7.68. The van der Waals surface area contributed by atoms with E-state index in [9.17, 15) is 27.6 Å². The average Bonchev–Trinajstić information content (AvgIpc) is 3.76. The summed E-state index contributed by atoms with van der Waals surface area (Å²) in [5, 5.41) is 0. The van der Waals surface area contributed by atoms with Gasteiger partial charge >= 0.3 is 24.1 Å². The zero-order chi connectivity index (χ0) is 28.9. The lowest BCUT2D eigenvalue weighted by Gasteiger charge is -2.19. The Morgan fingerprint density at radius 1 is 0.950 bits per heavy atom. The molecule has 4 rings (SSSR count). The van der Waals surface area contributed by atoms with Gasteiger partial charge in [-0.15, -0.1) is 0 Å². The molecular weight excluding hydrogens is 527 g/mol. The number of rotatable bonds is 10. The van der Waals surface area contributed by atoms with Crippen molar-refractivity contribution in [3.8, 4) is 11.3 Å². The minimum atomic E-state index is -4.65. The molecule has 40 heavy (non-hydrogen) atoms. The summed E-state index contributed by atoms with van der Waals surface area (Å²) in [7, 11) is 0. The number of hydrogen-bond donors (Lipinski definition) is 0. The number of nitrogens with zero attached hydrogens (tertiary/aromatic N) is 1. The number of benzene rings is 2. The van der Waals surface area contributed by atoms with Crippen molar-refractivity contribution in [1.82, 2.24) is 4.98 Å². The molecule has 2 aromatic carbocycles. The van der Waals surface area contributed by atoms with Crippen LogP contribution < -0.4 is 0 Å². The Kier molecular flexibility index (Phi) is 8.86. The fourth-order valence-electron chi connectivity index (χ4n) is 4.23. The van der Waals surface area contributed by atoms with Gasteiger partial charge in [0.15, 0.2) is 6.10 Å². The number of hydrogen-bond acceptors (Lipinski definition) is 7. The van der Waals surface area contributed by atoms with Gasteiger partial charge in [-0.25, -0.2) is 4.79 Å². The highest BCUT2D eigenvalue weighted by Crippen LogP contribution is 2.41. The summed E-state index contributed by atoms with van der Waals surface area (Å²) in [4.78, 5) is 40.0. The summed E-state index contributed by atoms with van der Waals surface area (Å²) in [6, 6.07) is 14.4. The predicted molar refractivity (Wildman–Crippen MR) is 138 cm³/mol. The van der Waals surface area contributed by atoms with Gasteiger partial charge in [-0.1, -0.05) is 42.5 Å². The molecule has 7 nitrogen and oxygen atoms in total. The van der Waals surface area contributed by atoms with Crippen LogP contribution in [0, 0.1) is 0 Å². The Balaban J connectivity index is 1.64. The fourth-order valence-corrected chi connectivity index (χ4v) is 4.23. The quantitative estimate of drug-likeness (QED) is 0.228. The molecule has 1 fully saturated rings. The molecule has 210 valence electrons. The van der Waals surface area contributed by atoms with E-state index in [0.29, 0.717) is 17.0 Å². The van der Waals surface area contributed by atoms with Crippen LogP contribution in [0.2, 0.25) is 0 Å². The zero-order valence-corrected chi connectivity index (χ0v) is 22.0. The molecule has 3 aromatic rings. The number of ether oxygens (including phenoxy) is 3. The topological polar surface area (TPSA) is 91.8 Å². The number of esters is 3. The summed E-state index contributed by atoms with van der Waals surface area (Å²) in [5.41, 5.74) is 1.07. The number of pyridine rings is 1. The highest BCUT2D eigenvalue weighted by Gasteiger charge is 2.35. The molecule has 1 aromatic heterocycles. The Labute approximate surface area is 229 Å². The first-order chi connectivity index (χ1) is 19.0. The molecule has 0 saturated heterocycles. The maximum absolute atomic E-state index is 14.0. The van der Waals surface area contributed by atoms with Crippen molar-refractivity contribution in [1.29, 1.82) is 0 Å². The van der Waals surface area contributed by atoms with Crippen molar-refractivity contribution in [2.45, 2.75) is 51.3 Å². The van der Waals surface area contributed by atoms with Gasteiger partial charge in [0, 0.05) is 25.6 Å². The average molecular weight is 556 g/mol. The van der Waals surface area contributed by atoms with Crippen LogP contribution in [-0.4, -0.2) is 42.2 Å². The van der Waals surface area contributed by atoms with E-state index in [2.05, 4.69) is 4.98 Å². The summed E-state index contributed by atoms with van der Waals surface area (Å²) >= 11 is 0. The Morgan fingerprint density at radius 3 is 2.17 bits per heavy atom. The SMILES string of the molecule is CC(=O)OCC(COC(C)=O)OC(=O)c1cc(C2CC2)ccc1Cc1cnc(-c2ccccc2)c(C(F)(F)F)c1. The molecule has 0 aliphatic heterocycles. The molecule has 10 heteroatoms. The first-order valence-electron chi connectivity index (χ1n) is 12.7. The highest BCUT2D eigenvalue weighted by atomic mass is 19.4. The fraction of sp³-hybridized carbons (Fsp3) is 0.333. The van der Waals surface area contributed by atoms with Crippen molar-refractivity contribution in [2.75, 3.05) is 13.2 Å². The van der Waals surface area contributed by atoms with Crippen LogP contribution in [0.5, 0.6) is 0 Å². The molecule has 1 aliphatic rings. The molecule has 1 saturated carbocycles. The molecule has 0 amide bonds. The molecule has 0 radical (unpaired) electrons. The lowest BCUT2D eigenvalue weighted by molar-refractivity contribution is -0.150. The van der Waals surface area contributed by atoms with Gasteiger partial charge in [-0.2, -0.15) is 13.2 Å². The molecule has 0 atom stereocenters. The number of aromatic nitrogens is 1. The van der Waals surface area contributed by atoms with Crippen molar-refractivity contribution >= 4 is 17.9 Å². The van der Waals surface area contributed by atoms with E-state index in [-0.39, 0.29) is 36.5 Å². The monoisotopic (exact) mass is 555 g/mol. The van der Waals surface area contributed by atoms with E-state index in [0.717, 1.165) is 24.5 Å². The molecule has 1 aliphatic carbocycles. The molecule has 0 unspecified atom stereocenters. The second-order valence-electron chi connectivity index (χ2n) is 9.60. The first-order valence-corrected chi connectivity index (χ1v) is 12.7. The van der Waals surface area contributed by atoms with Crippen molar-refractivity contribution < 1.29 is 41.8 Å². The van der Waals surface area contributed by atoms with Gasteiger partial charge in [-0.3, -0.25) is 14.6 Å². The predicted octanol–water partition coefficient (Wildman–Crippen LogP) is 5.89. The van der Waals surface area contributed by atoms with Gasteiger partial charge in [0.1, 0.15) is 13.2 Å². The van der Waals surface area contributed by atoms with Crippen LogP contribution in [0.25, 0.3) is 11.3 Å². The Bertz CT molecular complexity index is 1370. The van der Waals surface area contributed by atoms with Crippen LogP contribution in [0.15, 0.2) is 60.8 Å². The van der Waals surface area contributed by atoms with Gasteiger partial charge in [0.2, 0.25) is 0 Å². The zero-order valence-electron chi connectivity index (χ0n) is 22.0. The Hall–Kier alpha value is -4.21. The van der Waals surface area contributed by atoms with Crippen LogP contribution in [0.4, 0.5) is 13.2 Å². The van der Waals surface area contributed by atoms with Crippen molar-refractivity contribution in [3.63, 3.8) is 0 Å². The van der Waals surface area contributed by atoms with E-state index < -0.39 is 35.8 Å². The number of halogens is 3. The lowest BCUT2D eigenvalue weighted by atomic mass is 9.95. The van der Waals surface area contributed by atoms with Crippen LogP contribution >= 0.6 is 0 Å². The third-order valence-electron chi connectivity index (χ3n) is 6.31. The standard InChI is InChI=1S/C30H28F3NO6/c1-18(35)38-16-25(17-39-19(2)36)40-29(37)26-14-23(21-8-9-21)10-11-24(26)12-20-13-27(30(31,32)33)28(34-15-20)22-6-4-3-5-7-22/h3-7,10-11,13-15,21,25H,8-9,12,16-17H2,1-2H3. The molecule has 0 spiro atoms. The van der Waals surface area contributed by atoms with Gasteiger partial charge in [0.25, 0.3) is 0 Å². The molecule has 1 heterocycles. The normalized spacial score (nSPS) is 13.2. The molecule has 0 N–H and O–H groups in total. The van der Waals surface area contributed by atoms with Crippen LogP contribution in [0.1, 0.15) is 65.2 Å². The van der Waals surface area contributed by atoms with Gasteiger partial charge in [-0.05, 0) is 54.0 Å². The summed E-state index contributed by atoms with van der Waals surface area (Å²) < 4.78 is 57.5. The van der Waals surface area contributed by atoms with Crippen molar-refractivity contribution in [3.05, 3.63) is 88.6 Å². The van der Waals surface area contributed by atoms with E-state index in [4.69, 9.17) is 14.2 Å². The number of carbonyl (C=O) groups is 3. The van der Waals surface area contributed by atoms with Gasteiger partial charge < -0.3 is 14.2 Å². The second kappa shape index (κ2) is 12.3. The second-order valence-corrected chi connectivity index (χ2v) is 9.60. The maximum Gasteiger partial charge on any atom is 0.418 e. The van der Waals surface area contributed by atoms with E-state index >= 15 is 0 Å². The Morgan fingerprint density at radius 2 is 1.60 bits per heavy atom. The summed E-state index contributed by atoms with van der Waals surface area (Å²) in [6.07, 6.45) is -2.43. The van der Waals surface area contributed by atoms with E-state index in [1.54, 1.807) is 42.5 Å². The van der Waals surface area contributed by atoms with Crippen LogP contribution in [-0.2, 0) is 36.4 Å². The number of carbonyl (C=O) groups excluding carboxylic acids is 3. The minimum Gasteiger partial charge on any atom is -0.462 e. The third-order valence-corrected chi connectivity index (χ3v) is 6.31. The highest BCUT2D eigenvalue weighted by molar-refractivity contribution is 5.91. The summed E-state index contributed by atoms with van der Waals surface area (Å²) in [6.45, 7) is 1.72. The van der Waals surface area contributed by atoms with Gasteiger partial charge in [0.05, 0.1) is 16.8 Å². The first kappa shape index (κ1) is 28.8. The van der Waals surface area contributed by atoms with E-state index in [1.165, 1.54) is 20.0 Å². The van der Waals surface area contributed by atoms with Crippen LogP contribution in [0.3, 0.4) is 0 Å². The van der Waals surface area contributed by atoms with Crippen molar-refractivity contribution in [2.24, 2.45) is 0 Å². The largest absolute Gasteiger partial charge is 0.462 e. The van der Waals surface area contributed by atoms with E-state index in [1.807, 2.05) is 6.07 Å². The smallest absolute Gasteiger partial charge is 0.418 e. The molecular formula is C30H28F3NO6. The number of alkyl halides is 3. The lowest BCUT2D eigenvalue weighted by Crippen LogP contribution is -2.30. The molecule has 0 bridgehead atoms.